The Morgan fingerprint density at radius 2 is 2.11 bits per heavy atom. The van der Waals surface area contributed by atoms with Crippen molar-refractivity contribution in [2.45, 2.75) is 26.3 Å². The fourth-order valence-corrected chi connectivity index (χ4v) is 3.22. The fraction of sp³-hybridized carbons (Fsp3) is 0.300. The molecule has 3 heterocycles. The van der Waals surface area contributed by atoms with E-state index in [9.17, 15) is 9.59 Å². The number of rotatable bonds is 4. The molecule has 144 valence electrons. The molecule has 0 bridgehead atoms. The van der Waals surface area contributed by atoms with Gasteiger partial charge in [0, 0.05) is 11.4 Å². The lowest BCUT2D eigenvalue weighted by atomic mass is 10.2. The van der Waals surface area contributed by atoms with Crippen LogP contribution in [0, 0.1) is 0 Å². The molecule has 0 saturated heterocycles. The molecule has 0 fully saturated rings. The molecule has 8 heteroatoms. The molecule has 1 N–H and O–H groups in total. The monoisotopic (exact) mass is 379 g/mol. The maximum atomic E-state index is 12.6. The van der Waals surface area contributed by atoms with Crippen molar-refractivity contribution in [3.8, 4) is 5.75 Å². The number of pyridine rings is 1. The average Bonchev–Trinajstić information content (AvgIpc) is 3.03. The zero-order valence-electron chi connectivity index (χ0n) is 15.8. The molecule has 0 unspecified atom stereocenters. The molecule has 28 heavy (non-hydrogen) atoms. The first kappa shape index (κ1) is 18.0. The molecule has 1 aliphatic rings. The molecule has 0 radical (unpaired) electrons. The van der Waals surface area contributed by atoms with Gasteiger partial charge in [0.1, 0.15) is 12.3 Å². The lowest BCUT2D eigenvalue weighted by Crippen LogP contribution is -2.37. The quantitative estimate of drug-likeness (QED) is 0.753. The van der Waals surface area contributed by atoms with E-state index < -0.39 is 0 Å². The predicted molar refractivity (Wildman–Crippen MR) is 105 cm³/mol. The van der Waals surface area contributed by atoms with Crippen molar-refractivity contribution < 1.29 is 14.3 Å². The minimum atomic E-state index is -0.303. The van der Waals surface area contributed by atoms with Crippen molar-refractivity contribution in [3.63, 3.8) is 0 Å². The molecule has 4 rings (SSSR count). The summed E-state index contributed by atoms with van der Waals surface area (Å²) in [5, 5.41) is 7.99. The van der Waals surface area contributed by atoms with Crippen molar-refractivity contribution in [2.24, 2.45) is 0 Å². The highest BCUT2D eigenvalue weighted by atomic mass is 16.5. The molecule has 0 saturated carbocycles. The number of hydrogen-bond acceptors (Lipinski definition) is 5. The van der Waals surface area contributed by atoms with E-state index in [1.54, 1.807) is 24.5 Å². The SMILES string of the molecule is CC(C)n1ncc2cc(NC(=O)CN3C(=O)CCOc4ccccc43)cnc21. The smallest absolute Gasteiger partial charge is 0.244 e. The van der Waals surface area contributed by atoms with Gasteiger partial charge in [0.2, 0.25) is 11.8 Å². The van der Waals surface area contributed by atoms with Gasteiger partial charge in [-0.3, -0.25) is 14.5 Å². The van der Waals surface area contributed by atoms with E-state index in [0.717, 1.165) is 11.0 Å². The number of anilines is 2. The number of nitrogens with one attached hydrogen (secondary N) is 1. The molecule has 0 spiro atoms. The van der Waals surface area contributed by atoms with Gasteiger partial charge >= 0.3 is 0 Å². The summed E-state index contributed by atoms with van der Waals surface area (Å²) in [6.07, 6.45) is 3.55. The lowest BCUT2D eigenvalue weighted by molar-refractivity contribution is -0.121. The van der Waals surface area contributed by atoms with E-state index >= 15 is 0 Å². The Morgan fingerprint density at radius 1 is 1.29 bits per heavy atom. The van der Waals surface area contributed by atoms with Crippen molar-refractivity contribution in [2.75, 3.05) is 23.4 Å². The summed E-state index contributed by atoms with van der Waals surface area (Å²) in [6.45, 7) is 4.27. The van der Waals surface area contributed by atoms with Crippen LogP contribution >= 0.6 is 0 Å². The van der Waals surface area contributed by atoms with Crippen LogP contribution in [-0.2, 0) is 9.59 Å². The van der Waals surface area contributed by atoms with Crippen LogP contribution < -0.4 is 15.0 Å². The van der Waals surface area contributed by atoms with Crippen LogP contribution in [0.5, 0.6) is 5.75 Å². The third kappa shape index (κ3) is 3.40. The van der Waals surface area contributed by atoms with E-state index in [1.165, 1.54) is 4.90 Å². The molecule has 2 aromatic heterocycles. The Balaban J connectivity index is 1.53. The highest BCUT2D eigenvalue weighted by Crippen LogP contribution is 2.30. The van der Waals surface area contributed by atoms with Crippen LogP contribution in [0.3, 0.4) is 0 Å². The number of nitrogens with zero attached hydrogens (tertiary/aromatic N) is 4. The lowest BCUT2D eigenvalue weighted by Gasteiger charge is -2.21. The first-order valence-electron chi connectivity index (χ1n) is 9.18. The molecule has 3 aromatic rings. The average molecular weight is 379 g/mol. The predicted octanol–water partition coefficient (Wildman–Crippen LogP) is 2.77. The highest BCUT2D eigenvalue weighted by Gasteiger charge is 2.25. The first-order valence-corrected chi connectivity index (χ1v) is 9.18. The van der Waals surface area contributed by atoms with E-state index in [2.05, 4.69) is 15.4 Å². The van der Waals surface area contributed by atoms with Crippen LogP contribution in [0.4, 0.5) is 11.4 Å². The van der Waals surface area contributed by atoms with Gasteiger partial charge in [-0.1, -0.05) is 12.1 Å². The Labute approximate surface area is 162 Å². The highest BCUT2D eigenvalue weighted by molar-refractivity contribution is 6.04. The molecule has 0 atom stereocenters. The second kappa shape index (κ2) is 7.30. The molecule has 1 aliphatic heterocycles. The van der Waals surface area contributed by atoms with Crippen LogP contribution in [0.1, 0.15) is 26.3 Å². The molecule has 2 amide bonds. The number of carbonyl (C=O) groups is 2. The number of amides is 2. The molecule has 8 nitrogen and oxygen atoms in total. The molecular weight excluding hydrogens is 358 g/mol. The van der Waals surface area contributed by atoms with Crippen LogP contribution in [-0.4, -0.2) is 39.7 Å². The van der Waals surface area contributed by atoms with E-state index in [0.29, 0.717) is 23.7 Å². The van der Waals surface area contributed by atoms with Crippen molar-refractivity contribution >= 4 is 34.2 Å². The molecular formula is C20H21N5O3. The van der Waals surface area contributed by atoms with E-state index in [1.807, 2.05) is 36.7 Å². The number of carbonyl (C=O) groups excluding carboxylic acids is 2. The summed E-state index contributed by atoms with van der Waals surface area (Å²) in [7, 11) is 0. The molecule has 0 aliphatic carbocycles. The summed E-state index contributed by atoms with van der Waals surface area (Å²) in [4.78, 5) is 30.9. The van der Waals surface area contributed by atoms with Gasteiger partial charge in [0.05, 0.1) is 36.8 Å². The van der Waals surface area contributed by atoms with Gasteiger partial charge in [-0.25, -0.2) is 9.67 Å². The first-order chi connectivity index (χ1) is 13.5. The Morgan fingerprint density at radius 3 is 2.93 bits per heavy atom. The Kier molecular flexibility index (Phi) is 4.68. The molecule has 1 aromatic carbocycles. The second-order valence-corrected chi connectivity index (χ2v) is 6.91. The van der Waals surface area contributed by atoms with Gasteiger partial charge in [0.15, 0.2) is 5.65 Å². The van der Waals surface area contributed by atoms with Gasteiger partial charge in [-0.05, 0) is 32.0 Å². The minimum Gasteiger partial charge on any atom is -0.491 e. The largest absolute Gasteiger partial charge is 0.491 e. The Bertz CT molecular complexity index is 1040. The fourth-order valence-electron chi connectivity index (χ4n) is 3.22. The summed E-state index contributed by atoms with van der Waals surface area (Å²) in [5.74, 6) is 0.152. The second-order valence-electron chi connectivity index (χ2n) is 6.91. The Hall–Kier alpha value is -3.42. The minimum absolute atomic E-state index is 0.0947. The third-order valence-corrected chi connectivity index (χ3v) is 4.54. The van der Waals surface area contributed by atoms with E-state index in [4.69, 9.17) is 4.74 Å². The zero-order valence-corrected chi connectivity index (χ0v) is 15.8. The van der Waals surface area contributed by atoms with Crippen LogP contribution in [0.25, 0.3) is 11.0 Å². The summed E-state index contributed by atoms with van der Waals surface area (Å²) in [6, 6.07) is 9.25. The van der Waals surface area contributed by atoms with Gasteiger partial charge in [0.25, 0.3) is 0 Å². The van der Waals surface area contributed by atoms with Crippen molar-refractivity contribution in [3.05, 3.63) is 42.7 Å². The van der Waals surface area contributed by atoms with Gasteiger partial charge in [-0.2, -0.15) is 5.10 Å². The summed E-state index contributed by atoms with van der Waals surface area (Å²) < 4.78 is 7.43. The van der Waals surface area contributed by atoms with Crippen LogP contribution in [0.2, 0.25) is 0 Å². The van der Waals surface area contributed by atoms with E-state index in [-0.39, 0.29) is 30.8 Å². The standard InChI is InChI=1S/C20H21N5O3/c1-13(2)25-20-14(10-22-25)9-15(11-21-20)23-18(26)12-24-16-5-3-4-6-17(16)28-8-7-19(24)27/h3-6,9-11,13H,7-8,12H2,1-2H3,(H,23,26). The van der Waals surface area contributed by atoms with Crippen molar-refractivity contribution in [1.29, 1.82) is 0 Å². The van der Waals surface area contributed by atoms with Gasteiger partial charge < -0.3 is 10.1 Å². The number of para-hydroxylation sites is 2. The topological polar surface area (TPSA) is 89.4 Å². The number of aromatic nitrogens is 3. The zero-order chi connectivity index (χ0) is 19.7. The number of benzene rings is 1. The number of hydrogen-bond donors (Lipinski definition) is 1. The maximum Gasteiger partial charge on any atom is 0.244 e. The van der Waals surface area contributed by atoms with Crippen molar-refractivity contribution in [1.82, 2.24) is 14.8 Å². The number of ether oxygens (including phenoxy) is 1. The number of fused-ring (bicyclic) bond motifs is 2. The normalized spacial score (nSPS) is 14.0. The van der Waals surface area contributed by atoms with Crippen LogP contribution in [0.15, 0.2) is 42.7 Å². The maximum absolute atomic E-state index is 12.6. The third-order valence-electron chi connectivity index (χ3n) is 4.54. The summed E-state index contributed by atoms with van der Waals surface area (Å²) in [5.41, 5.74) is 1.93. The van der Waals surface area contributed by atoms with Gasteiger partial charge in [-0.15, -0.1) is 0 Å². The summed E-state index contributed by atoms with van der Waals surface area (Å²) >= 11 is 0.